The number of nitrogens with one attached hydrogen (secondary N) is 2. The third-order valence-electron chi connectivity index (χ3n) is 2.94. The van der Waals surface area contributed by atoms with E-state index in [0.717, 1.165) is 5.69 Å². The van der Waals surface area contributed by atoms with Crippen molar-refractivity contribution in [1.82, 2.24) is 4.98 Å². The SMILES string of the molecule is CC(C)c1cccc(NC(=O)c2cccc(NN)n2)c1. The molecule has 4 N–H and O–H groups in total. The molecule has 5 heteroatoms. The zero-order valence-corrected chi connectivity index (χ0v) is 11.6. The Labute approximate surface area is 118 Å². The van der Waals surface area contributed by atoms with Crippen LogP contribution in [0, 0.1) is 0 Å². The molecular weight excluding hydrogens is 252 g/mol. The minimum atomic E-state index is -0.261. The molecule has 0 aliphatic rings. The Morgan fingerprint density at radius 1 is 1.20 bits per heavy atom. The second-order valence-electron chi connectivity index (χ2n) is 4.79. The first-order valence-electron chi connectivity index (χ1n) is 6.45. The molecule has 0 saturated heterocycles. The van der Waals surface area contributed by atoms with E-state index in [2.05, 4.69) is 29.6 Å². The molecule has 20 heavy (non-hydrogen) atoms. The van der Waals surface area contributed by atoms with Crippen molar-refractivity contribution in [2.45, 2.75) is 19.8 Å². The molecule has 104 valence electrons. The number of hydrogen-bond donors (Lipinski definition) is 3. The number of aromatic nitrogens is 1. The maximum absolute atomic E-state index is 12.1. The van der Waals surface area contributed by atoms with Gasteiger partial charge in [-0.1, -0.05) is 32.0 Å². The Morgan fingerprint density at radius 3 is 2.65 bits per heavy atom. The molecule has 5 nitrogen and oxygen atoms in total. The van der Waals surface area contributed by atoms with Crippen molar-refractivity contribution in [3.8, 4) is 0 Å². The molecule has 0 saturated carbocycles. The van der Waals surface area contributed by atoms with E-state index < -0.39 is 0 Å². The molecule has 0 unspecified atom stereocenters. The number of benzene rings is 1. The van der Waals surface area contributed by atoms with E-state index in [4.69, 9.17) is 5.84 Å². The van der Waals surface area contributed by atoms with Gasteiger partial charge in [0.25, 0.3) is 5.91 Å². The van der Waals surface area contributed by atoms with E-state index in [1.807, 2.05) is 24.3 Å². The summed E-state index contributed by atoms with van der Waals surface area (Å²) in [6.07, 6.45) is 0. The molecule has 0 aliphatic carbocycles. The lowest BCUT2D eigenvalue weighted by Crippen LogP contribution is -2.16. The average molecular weight is 270 g/mol. The predicted molar refractivity (Wildman–Crippen MR) is 80.5 cm³/mol. The van der Waals surface area contributed by atoms with Crippen molar-refractivity contribution in [2.75, 3.05) is 10.7 Å². The van der Waals surface area contributed by atoms with Crippen LogP contribution >= 0.6 is 0 Å². The normalized spacial score (nSPS) is 10.4. The molecule has 0 bridgehead atoms. The van der Waals surface area contributed by atoms with Crippen molar-refractivity contribution in [1.29, 1.82) is 0 Å². The van der Waals surface area contributed by atoms with Gasteiger partial charge in [-0.2, -0.15) is 0 Å². The van der Waals surface area contributed by atoms with Gasteiger partial charge in [0, 0.05) is 5.69 Å². The summed E-state index contributed by atoms with van der Waals surface area (Å²) in [5.41, 5.74) is 4.67. The summed E-state index contributed by atoms with van der Waals surface area (Å²) in [6, 6.07) is 12.8. The molecule has 2 aromatic rings. The fourth-order valence-corrected chi connectivity index (χ4v) is 1.81. The van der Waals surface area contributed by atoms with Gasteiger partial charge >= 0.3 is 0 Å². The van der Waals surface area contributed by atoms with Gasteiger partial charge < -0.3 is 10.7 Å². The Bertz CT molecular complexity index is 610. The van der Waals surface area contributed by atoms with E-state index in [1.54, 1.807) is 18.2 Å². The van der Waals surface area contributed by atoms with Crippen LogP contribution in [0.2, 0.25) is 0 Å². The number of nitrogen functional groups attached to an aromatic ring is 1. The maximum Gasteiger partial charge on any atom is 0.274 e. The number of nitrogens with zero attached hydrogens (tertiary/aromatic N) is 1. The number of anilines is 2. The van der Waals surface area contributed by atoms with Crippen LogP contribution in [-0.4, -0.2) is 10.9 Å². The van der Waals surface area contributed by atoms with Crippen molar-refractivity contribution >= 4 is 17.4 Å². The molecule has 0 aliphatic heterocycles. The van der Waals surface area contributed by atoms with Crippen molar-refractivity contribution in [2.24, 2.45) is 5.84 Å². The first-order valence-corrected chi connectivity index (χ1v) is 6.45. The zero-order valence-electron chi connectivity index (χ0n) is 11.6. The summed E-state index contributed by atoms with van der Waals surface area (Å²) in [5, 5.41) is 2.83. The number of pyridine rings is 1. The van der Waals surface area contributed by atoms with Crippen LogP contribution in [0.4, 0.5) is 11.5 Å². The molecule has 1 aromatic carbocycles. The Balaban J connectivity index is 2.16. The van der Waals surface area contributed by atoms with E-state index in [0.29, 0.717) is 17.4 Å². The zero-order chi connectivity index (χ0) is 14.5. The van der Waals surface area contributed by atoms with Crippen LogP contribution in [0.25, 0.3) is 0 Å². The van der Waals surface area contributed by atoms with Crippen LogP contribution in [0.5, 0.6) is 0 Å². The Hall–Kier alpha value is -2.40. The first-order chi connectivity index (χ1) is 9.60. The number of carbonyl (C=O) groups is 1. The molecule has 1 aromatic heterocycles. The van der Waals surface area contributed by atoms with Crippen LogP contribution in [-0.2, 0) is 0 Å². The molecule has 0 spiro atoms. The highest BCUT2D eigenvalue weighted by molar-refractivity contribution is 6.03. The highest BCUT2D eigenvalue weighted by atomic mass is 16.1. The molecule has 1 heterocycles. The number of hydrazine groups is 1. The molecule has 0 fully saturated rings. The van der Waals surface area contributed by atoms with Gasteiger partial charge in [-0.15, -0.1) is 0 Å². The summed E-state index contributed by atoms with van der Waals surface area (Å²) in [5.74, 6) is 5.88. The molecule has 2 rings (SSSR count). The van der Waals surface area contributed by atoms with Crippen LogP contribution in [0.15, 0.2) is 42.5 Å². The first kappa shape index (κ1) is 14.0. The number of amides is 1. The Morgan fingerprint density at radius 2 is 1.95 bits per heavy atom. The van der Waals surface area contributed by atoms with E-state index >= 15 is 0 Å². The molecule has 1 amide bonds. The quantitative estimate of drug-likeness (QED) is 0.589. The third kappa shape index (κ3) is 3.33. The second kappa shape index (κ2) is 6.16. The number of nitrogens with two attached hydrogens (primary N) is 1. The van der Waals surface area contributed by atoms with Crippen molar-refractivity contribution < 1.29 is 4.79 Å². The fraction of sp³-hybridized carbons (Fsp3) is 0.200. The minimum absolute atomic E-state index is 0.261. The smallest absolute Gasteiger partial charge is 0.274 e. The average Bonchev–Trinajstić information content (AvgIpc) is 2.47. The number of carbonyl (C=O) groups excluding carboxylic acids is 1. The Kier molecular flexibility index (Phi) is 4.32. The molecule has 0 atom stereocenters. The highest BCUT2D eigenvalue weighted by Gasteiger charge is 2.09. The monoisotopic (exact) mass is 270 g/mol. The largest absolute Gasteiger partial charge is 0.321 e. The van der Waals surface area contributed by atoms with E-state index in [9.17, 15) is 4.79 Å². The summed E-state index contributed by atoms with van der Waals surface area (Å²) in [4.78, 5) is 16.2. The van der Waals surface area contributed by atoms with Gasteiger partial charge in [-0.05, 0) is 35.7 Å². The lowest BCUT2D eigenvalue weighted by molar-refractivity contribution is 0.102. The molecular formula is C15H18N4O. The molecule has 0 radical (unpaired) electrons. The standard InChI is InChI=1S/C15H18N4O/c1-10(2)11-5-3-6-12(9-11)17-15(20)13-7-4-8-14(18-13)19-16/h3-10H,16H2,1-2H3,(H,17,20)(H,18,19). The lowest BCUT2D eigenvalue weighted by atomic mass is 10.0. The third-order valence-corrected chi connectivity index (χ3v) is 2.94. The van der Waals surface area contributed by atoms with Crippen LogP contribution in [0.3, 0.4) is 0 Å². The van der Waals surface area contributed by atoms with Crippen LogP contribution < -0.4 is 16.6 Å². The topological polar surface area (TPSA) is 80.0 Å². The second-order valence-corrected chi connectivity index (χ2v) is 4.79. The van der Waals surface area contributed by atoms with Crippen molar-refractivity contribution in [3.63, 3.8) is 0 Å². The van der Waals surface area contributed by atoms with Crippen molar-refractivity contribution in [3.05, 3.63) is 53.7 Å². The fourth-order valence-electron chi connectivity index (χ4n) is 1.81. The predicted octanol–water partition coefficient (Wildman–Crippen LogP) is 2.74. The van der Waals surface area contributed by atoms with Gasteiger partial charge in [0.1, 0.15) is 11.5 Å². The van der Waals surface area contributed by atoms with E-state index in [-0.39, 0.29) is 5.91 Å². The van der Waals surface area contributed by atoms with Gasteiger partial charge in [-0.3, -0.25) is 4.79 Å². The summed E-state index contributed by atoms with van der Waals surface area (Å²) >= 11 is 0. The lowest BCUT2D eigenvalue weighted by Gasteiger charge is -2.09. The van der Waals surface area contributed by atoms with Gasteiger partial charge in [0.05, 0.1) is 0 Å². The van der Waals surface area contributed by atoms with Gasteiger partial charge in [0.2, 0.25) is 0 Å². The summed E-state index contributed by atoms with van der Waals surface area (Å²) in [6.45, 7) is 4.22. The number of rotatable bonds is 4. The summed E-state index contributed by atoms with van der Waals surface area (Å²) < 4.78 is 0. The van der Waals surface area contributed by atoms with Crippen LogP contribution in [0.1, 0.15) is 35.8 Å². The van der Waals surface area contributed by atoms with E-state index in [1.165, 1.54) is 5.56 Å². The minimum Gasteiger partial charge on any atom is -0.321 e. The summed E-state index contributed by atoms with van der Waals surface area (Å²) in [7, 11) is 0. The number of hydrogen-bond acceptors (Lipinski definition) is 4. The van der Waals surface area contributed by atoms with Gasteiger partial charge in [0.15, 0.2) is 0 Å². The maximum atomic E-state index is 12.1. The van der Waals surface area contributed by atoms with Gasteiger partial charge in [-0.25, -0.2) is 10.8 Å². The highest BCUT2D eigenvalue weighted by Crippen LogP contribution is 2.19.